The van der Waals surface area contributed by atoms with E-state index in [0.717, 1.165) is 16.8 Å². The summed E-state index contributed by atoms with van der Waals surface area (Å²) in [5.74, 6) is 0.891. The Morgan fingerprint density at radius 3 is 2.36 bits per heavy atom. The fraction of sp³-hybridized carbons (Fsp3) is 0.130. The van der Waals surface area contributed by atoms with Gasteiger partial charge in [0, 0.05) is 5.69 Å². The molecular formula is C23H20ClN3O. The highest BCUT2D eigenvalue weighted by Crippen LogP contribution is 2.31. The number of anilines is 1. The second kappa shape index (κ2) is 7.87. The maximum absolute atomic E-state index is 6.28. The van der Waals surface area contributed by atoms with Crippen LogP contribution in [0.2, 0.25) is 5.02 Å². The van der Waals surface area contributed by atoms with Gasteiger partial charge in [-0.25, -0.2) is 0 Å². The number of rotatable bonds is 5. The number of aryl methyl sites for hydroxylation is 2. The molecule has 5 heteroatoms. The van der Waals surface area contributed by atoms with Crippen molar-refractivity contribution in [3.05, 3.63) is 100 Å². The quantitative estimate of drug-likeness (QED) is 0.441. The first-order valence-corrected chi connectivity index (χ1v) is 9.46. The molecule has 0 spiro atoms. The first-order chi connectivity index (χ1) is 13.6. The molecule has 0 aliphatic rings. The minimum absolute atomic E-state index is 0.271. The molecular weight excluding hydrogens is 370 g/mol. The van der Waals surface area contributed by atoms with Crippen LogP contribution in [0.5, 0.6) is 0 Å². The van der Waals surface area contributed by atoms with E-state index in [9.17, 15) is 0 Å². The average molecular weight is 390 g/mol. The van der Waals surface area contributed by atoms with Gasteiger partial charge in [0.05, 0.1) is 10.6 Å². The Labute approximate surface area is 169 Å². The van der Waals surface area contributed by atoms with Gasteiger partial charge in [-0.1, -0.05) is 60.1 Å². The summed E-state index contributed by atoms with van der Waals surface area (Å²) in [4.78, 5) is 0. The molecule has 0 aliphatic heterocycles. The van der Waals surface area contributed by atoms with E-state index in [4.69, 9.17) is 16.0 Å². The van der Waals surface area contributed by atoms with Crippen molar-refractivity contribution < 1.29 is 4.42 Å². The Bertz CT molecular complexity index is 1090. The molecule has 1 aromatic heterocycles. The number of benzene rings is 3. The summed E-state index contributed by atoms with van der Waals surface area (Å²) in [5, 5.41) is 12.6. The van der Waals surface area contributed by atoms with Crippen molar-refractivity contribution in [1.29, 1.82) is 0 Å². The SMILES string of the molecule is Cc1ccc(N[C@@H](c2ccccc2)c2nnc(-c3ccccc3Cl)o2)cc1C. The number of halogens is 1. The number of hydrogen-bond acceptors (Lipinski definition) is 4. The highest BCUT2D eigenvalue weighted by Gasteiger charge is 2.22. The predicted octanol–water partition coefficient (Wildman–Crippen LogP) is 6.21. The van der Waals surface area contributed by atoms with Gasteiger partial charge < -0.3 is 9.73 Å². The first-order valence-electron chi connectivity index (χ1n) is 9.09. The molecule has 4 aromatic rings. The van der Waals surface area contributed by atoms with E-state index in [1.54, 1.807) is 0 Å². The van der Waals surface area contributed by atoms with Crippen LogP contribution in [0, 0.1) is 13.8 Å². The molecule has 0 amide bonds. The summed E-state index contributed by atoms with van der Waals surface area (Å²) in [6, 6.07) is 23.5. The minimum atomic E-state index is -0.271. The summed E-state index contributed by atoms with van der Waals surface area (Å²) in [6.45, 7) is 4.20. The Hall–Kier alpha value is -3.11. The van der Waals surface area contributed by atoms with Crippen LogP contribution in [0.4, 0.5) is 5.69 Å². The lowest BCUT2D eigenvalue weighted by molar-refractivity contribution is 0.494. The fourth-order valence-corrected chi connectivity index (χ4v) is 3.24. The number of aromatic nitrogens is 2. The number of nitrogens with one attached hydrogen (secondary N) is 1. The summed E-state index contributed by atoms with van der Waals surface area (Å²) < 4.78 is 6.02. The van der Waals surface area contributed by atoms with E-state index >= 15 is 0 Å². The fourth-order valence-electron chi connectivity index (χ4n) is 3.03. The molecule has 0 saturated carbocycles. The molecule has 0 radical (unpaired) electrons. The molecule has 4 nitrogen and oxygen atoms in total. The zero-order valence-corrected chi connectivity index (χ0v) is 16.4. The monoisotopic (exact) mass is 389 g/mol. The Balaban J connectivity index is 1.72. The van der Waals surface area contributed by atoms with E-state index in [0.29, 0.717) is 16.8 Å². The van der Waals surface area contributed by atoms with Crippen LogP contribution in [0.1, 0.15) is 28.6 Å². The Kier molecular flexibility index (Phi) is 5.13. The summed E-state index contributed by atoms with van der Waals surface area (Å²) in [7, 11) is 0. The maximum Gasteiger partial charge on any atom is 0.249 e. The van der Waals surface area contributed by atoms with Crippen molar-refractivity contribution in [3.63, 3.8) is 0 Å². The molecule has 0 fully saturated rings. The molecule has 1 atom stereocenters. The van der Waals surface area contributed by atoms with Crippen LogP contribution in [0.3, 0.4) is 0 Å². The van der Waals surface area contributed by atoms with Crippen molar-refractivity contribution in [2.45, 2.75) is 19.9 Å². The van der Waals surface area contributed by atoms with Gasteiger partial charge in [-0.05, 0) is 54.8 Å². The maximum atomic E-state index is 6.28. The highest BCUT2D eigenvalue weighted by atomic mass is 35.5. The van der Waals surface area contributed by atoms with Crippen LogP contribution in [-0.4, -0.2) is 10.2 Å². The molecule has 4 rings (SSSR count). The topological polar surface area (TPSA) is 51.0 Å². The zero-order valence-electron chi connectivity index (χ0n) is 15.7. The third kappa shape index (κ3) is 3.78. The van der Waals surface area contributed by atoms with Gasteiger partial charge in [-0.3, -0.25) is 0 Å². The van der Waals surface area contributed by atoms with E-state index in [1.807, 2.05) is 54.6 Å². The van der Waals surface area contributed by atoms with E-state index in [-0.39, 0.29) is 6.04 Å². The van der Waals surface area contributed by atoms with E-state index in [1.165, 1.54) is 11.1 Å². The third-order valence-corrected chi connectivity index (χ3v) is 5.07. The van der Waals surface area contributed by atoms with Gasteiger partial charge in [-0.2, -0.15) is 0 Å². The van der Waals surface area contributed by atoms with Crippen LogP contribution >= 0.6 is 11.6 Å². The van der Waals surface area contributed by atoms with Crippen LogP contribution in [-0.2, 0) is 0 Å². The van der Waals surface area contributed by atoms with Crippen molar-refractivity contribution in [2.75, 3.05) is 5.32 Å². The zero-order chi connectivity index (χ0) is 19.5. The largest absolute Gasteiger partial charge is 0.418 e. The minimum Gasteiger partial charge on any atom is -0.418 e. The van der Waals surface area contributed by atoms with Gasteiger partial charge in [0.25, 0.3) is 0 Å². The van der Waals surface area contributed by atoms with Crippen LogP contribution in [0.25, 0.3) is 11.5 Å². The molecule has 0 unspecified atom stereocenters. The van der Waals surface area contributed by atoms with Gasteiger partial charge in [0.15, 0.2) is 0 Å². The van der Waals surface area contributed by atoms with E-state index in [2.05, 4.69) is 47.6 Å². The molecule has 3 aromatic carbocycles. The Morgan fingerprint density at radius 1 is 0.857 bits per heavy atom. The van der Waals surface area contributed by atoms with Crippen LogP contribution in [0.15, 0.2) is 77.2 Å². The number of hydrogen-bond donors (Lipinski definition) is 1. The second-order valence-electron chi connectivity index (χ2n) is 6.71. The van der Waals surface area contributed by atoms with Gasteiger partial charge in [0.1, 0.15) is 6.04 Å². The highest BCUT2D eigenvalue weighted by molar-refractivity contribution is 6.33. The standard InChI is InChI=1S/C23H20ClN3O/c1-15-12-13-18(14-16(15)2)25-21(17-8-4-3-5-9-17)23-27-26-22(28-23)19-10-6-7-11-20(19)24/h3-14,21,25H,1-2H3/t21-/m0/s1. The lowest BCUT2D eigenvalue weighted by Gasteiger charge is -2.18. The van der Waals surface area contributed by atoms with Gasteiger partial charge in [-0.15, -0.1) is 10.2 Å². The summed E-state index contributed by atoms with van der Waals surface area (Å²) in [6.07, 6.45) is 0. The molecule has 0 aliphatic carbocycles. The Morgan fingerprint density at radius 2 is 1.61 bits per heavy atom. The average Bonchev–Trinajstić information content (AvgIpc) is 3.19. The molecule has 0 saturated heterocycles. The van der Waals surface area contributed by atoms with Gasteiger partial charge >= 0.3 is 0 Å². The van der Waals surface area contributed by atoms with Crippen molar-refractivity contribution in [3.8, 4) is 11.5 Å². The molecule has 1 heterocycles. The summed E-state index contributed by atoms with van der Waals surface area (Å²) in [5.41, 5.74) is 5.23. The smallest absolute Gasteiger partial charge is 0.249 e. The van der Waals surface area contributed by atoms with Crippen molar-refractivity contribution in [2.24, 2.45) is 0 Å². The van der Waals surface area contributed by atoms with Crippen LogP contribution < -0.4 is 5.32 Å². The molecule has 1 N–H and O–H groups in total. The first kappa shape index (κ1) is 18.3. The number of nitrogens with zero attached hydrogens (tertiary/aromatic N) is 2. The van der Waals surface area contributed by atoms with Gasteiger partial charge in [0.2, 0.25) is 11.8 Å². The predicted molar refractivity (Wildman–Crippen MR) is 113 cm³/mol. The summed E-state index contributed by atoms with van der Waals surface area (Å²) >= 11 is 6.28. The van der Waals surface area contributed by atoms with Crippen molar-refractivity contribution >= 4 is 17.3 Å². The molecule has 0 bridgehead atoms. The second-order valence-corrected chi connectivity index (χ2v) is 7.12. The molecule has 140 valence electrons. The third-order valence-electron chi connectivity index (χ3n) is 4.74. The van der Waals surface area contributed by atoms with E-state index < -0.39 is 0 Å². The lowest BCUT2D eigenvalue weighted by atomic mass is 10.1. The normalized spacial score (nSPS) is 12.0. The lowest BCUT2D eigenvalue weighted by Crippen LogP contribution is -2.13. The molecule has 28 heavy (non-hydrogen) atoms. The van der Waals surface area contributed by atoms with Crippen molar-refractivity contribution in [1.82, 2.24) is 10.2 Å².